The monoisotopic (exact) mass is 477 g/mol. The molecule has 0 radical (unpaired) electrons. The lowest BCUT2D eigenvalue weighted by Gasteiger charge is -2.26. The number of carbonyl (C=O) groups is 1. The summed E-state index contributed by atoms with van der Waals surface area (Å²) in [5.74, 6) is -0.413. The molecule has 0 spiro atoms. The van der Waals surface area contributed by atoms with Crippen molar-refractivity contribution in [2.75, 3.05) is 36.8 Å². The van der Waals surface area contributed by atoms with Crippen molar-refractivity contribution in [3.63, 3.8) is 0 Å². The Morgan fingerprint density at radius 2 is 1.82 bits per heavy atom. The predicted octanol–water partition coefficient (Wildman–Crippen LogP) is 4.76. The second-order valence-corrected chi connectivity index (χ2v) is 8.26. The Labute approximate surface area is 192 Å². The molecule has 0 unspecified atom stereocenters. The third-order valence-corrected chi connectivity index (χ3v) is 5.80. The number of thiazole rings is 1. The molecule has 2 heterocycles. The number of nitrogens with zero attached hydrogens (tertiary/aromatic N) is 2. The van der Waals surface area contributed by atoms with Crippen molar-refractivity contribution >= 4 is 28.7 Å². The standard InChI is InChI=1S/C22H22F3N5O2S/c23-22(24,25)32-19-3-1-2-17(12-19)29-21(31)28-16-6-4-15(5-7-16)20-27-18(14-33-20)13-30-10-8-26-9-11-30/h1-7,12,14,26H,8-11,13H2,(H2,28,29,31). The minimum atomic E-state index is -4.80. The molecule has 33 heavy (non-hydrogen) atoms. The molecule has 2 aromatic carbocycles. The van der Waals surface area contributed by atoms with E-state index in [-0.39, 0.29) is 5.69 Å². The summed E-state index contributed by atoms with van der Waals surface area (Å²) in [5.41, 5.74) is 2.69. The molecule has 4 rings (SSSR count). The molecule has 3 N–H and O–H groups in total. The van der Waals surface area contributed by atoms with Gasteiger partial charge in [-0.05, 0) is 36.4 Å². The Bertz CT molecular complexity index is 1080. The molecule has 0 aliphatic carbocycles. The van der Waals surface area contributed by atoms with Crippen LogP contribution in [0, 0.1) is 0 Å². The number of ether oxygens (including phenoxy) is 1. The van der Waals surface area contributed by atoms with Gasteiger partial charge in [-0.2, -0.15) is 0 Å². The lowest BCUT2D eigenvalue weighted by molar-refractivity contribution is -0.274. The number of carbonyl (C=O) groups excluding carboxylic acids is 1. The van der Waals surface area contributed by atoms with Crippen LogP contribution in [0.2, 0.25) is 0 Å². The highest BCUT2D eigenvalue weighted by molar-refractivity contribution is 7.13. The summed E-state index contributed by atoms with van der Waals surface area (Å²) in [6.07, 6.45) is -4.80. The van der Waals surface area contributed by atoms with Crippen LogP contribution >= 0.6 is 11.3 Å². The zero-order valence-corrected chi connectivity index (χ0v) is 18.3. The smallest absolute Gasteiger partial charge is 0.406 e. The van der Waals surface area contributed by atoms with Crippen molar-refractivity contribution < 1.29 is 22.7 Å². The van der Waals surface area contributed by atoms with Crippen LogP contribution < -0.4 is 20.7 Å². The molecule has 1 aliphatic heterocycles. The van der Waals surface area contributed by atoms with Crippen LogP contribution in [0.5, 0.6) is 5.75 Å². The van der Waals surface area contributed by atoms with E-state index in [1.54, 1.807) is 23.5 Å². The van der Waals surface area contributed by atoms with Gasteiger partial charge >= 0.3 is 12.4 Å². The molecule has 1 saturated heterocycles. The van der Waals surface area contributed by atoms with E-state index in [4.69, 9.17) is 4.98 Å². The van der Waals surface area contributed by atoms with E-state index in [1.807, 2.05) is 12.1 Å². The fourth-order valence-corrected chi connectivity index (χ4v) is 4.19. The molecule has 1 aliphatic rings. The highest BCUT2D eigenvalue weighted by Crippen LogP contribution is 2.27. The molecular weight excluding hydrogens is 455 g/mol. The first-order chi connectivity index (χ1) is 15.8. The number of hydrogen-bond donors (Lipinski definition) is 3. The Morgan fingerprint density at radius 1 is 1.09 bits per heavy atom. The fourth-order valence-electron chi connectivity index (χ4n) is 3.37. The Balaban J connectivity index is 1.32. The van der Waals surface area contributed by atoms with Gasteiger partial charge in [0.25, 0.3) is 0 Å². The van der Waals surface area contributed by atoms with Crippen molar-refractivity contribution in [3.8, 4) is 16.3 Å². The van der Waals surface area contributed by atoms with Gasteiger partial charge in [-0.25, -0.2) is 9.78 Å². The second kappa shape index (κ2) is 10.2. The first-order valence-electron chi connectivity index (χ1n) is 10.3. The summed E-state index contributed by atoms with van der Waals surface area (Å²) in [6, 6.07) is 11.7. The number of hydrogen-bond acceptors (Lipinski definition) is 6. The summed E-state index contributed by atoms with van der Waals surface area (Å²) in [4.78, 5) is 19.3. The Kier molecular flexibility index (Phi) is 7.11. The molecule has 2 amide bonds. The summed E-state index contributed by atoms with van der Waals surface area (Å²) >= 11 is 1.57. The van der Waals surface area contributed by atoms with Gasteiger partial charge in [0.2, 0.25) is 0 Å². The number of rotatable bonds is 6. The molecule has 7 nitrogen and oxygen atoms in total. The van der Waals surface area contributed by atoms with E-state index in [2.05, 4.69) is 31.0 Å². The molecule has 1 fully saturated rings. The van der Waals surface area contributed by atoms with Crippen LogP contribution in [0.3, 0.4) is 0 Å². The van der Waals surface area contributed by atoms with Crippen molar-refractivity contribution in [3.05, 3.63) is 59.6 Å². The highest BCUT2D eigenvalue weighted by Gasteiger charge is 2.31. The number of halogens is 3. The van der Waals surface area contributed by atoms with Crippen LogP contribution in [0.4, 0.5) is 29.3 Å². The number of aromatic nitrogens is 1. The van der Waals surface area contributed by atoms with Gasteiger partial charge in [0.05, 0.1) is 5.69 Å². The number of benzene rings is 2. The molecule has 174 valence electrons. The quantitative estimate of drug-likeness (QED) is 0.477. The van der Waals surface area contributed by atoms with Gasteiger partial charge in [-0.1, -0.05) is 6.07 Å². The zero-order chi connectivity index (χ0) is 23.3. The van der Waals surface area contributed by atoms with Gasteiger partial charge in [0, 0.05) is 61.1 Å². The molecule has 0 saturated carbocycles. The summed E-state index contributed by atoms with van der Waals surface area (Å²) in [5, 5.41) is 11.4. The second-order valence-electron chi connectivity index (χ2n) is 7.40. The molecule has 0 bridgehead atoms. The molecule has 3 aromatic rings. The largest absolute Gasteiger partial charge is 0.573 e. The minimum absolute atomic E-state index is 0.172. The normalized spacial score (nSPS) is 14.6. The van der Waals surface area contributed by atoms with Crippen molar-refractivity contribution in [1.82, 2.24) is 15.2 Å². The molecular formula is C22H22F3N5O2S. The van der Waals surface area contributed by atoms with Gasteiger partial charge in [0.1, 0.15) is 10.8 Å². The maximum atomic E-state index is 12.4. The van der Waals surface area contributed by atoms with Crippen LogP contribution in [-0.2, 0) is 6.54 Å². The number of alkyl halides is 3. The van der Waals surface area contributed by atoms with Gasteiger partial charge in [-0.3, -0.25) is 4.90 Å². The number of amides is 2. The van der Waals surface area contributed by atoms with Gasteiger partial charge in [0.15, 0.2) is 0 Å². The Hall–Kier alpha value is -3.15. The summed E-state index contributed by atoms with van der Waals surface area (Å²) in [7, 11) is 0. The lowest BCUT2D eigenvalue weighted by atomic mass is 10.2. The number of urea groups is 1. The molecule has 11 heteroatoms. The third kappa shape index (κ3) is 6.91. The fraction of sp³-hybridized carbons (Fsp3) is 0.273. The van der Waals surface area contributed by atoms with E-state index in [1.165, 1.54) is 12.1 Å². The third-order valence-electron chi connectivity index (χ3n) is 4.86. The summed E-state index contributed by atoms with van der Waals surface area (Å²) in [6.45, 7) is 4.83. The number of anilines is 2. The average molecular weight is 478 g/mol. The van der Waals surface area contributed by atoms with Crippen LogP contribution in [-0.4, -0.2) is 48.5 Å². The zero-order valence-electron chi connectivity index (χ0n) is 17.5. The van der Waals surface area contributed by atoms with E-state index in [0.29, 0.717) is 5.69 Å². The van der Waals surface area contributed by atoms with Gasteiger partial charge in [-0.15, -0.1) is 24.5 Å². The van der Waals surface area contributed by atoms with E-state index < -0.39 is 18.1 Å². The van der Waals surface area contributed by atoms with E-state index in [9.17, 15) is 18.0 Å². The molecule has 1 aromatic heterocycles. The maximum Gasteiger partial charge on any atom is 0.573 e. The van der Waals surface area contributed by atoms with Crippen molar-refractivity contribution in [1.29, 1.82) is 0 Å². The molecule has 0 atom stereocenters. The first-order valence-corrected chi connectivity index (χ1v) is 11.1. The lowest BCUT2D eigenvalue weighted by Crippen LogP contribution is -2.42. The van der Waals surface area contributed by atoms with Crippen molar-refractivity contribution in [2.24, 2.45) is 0 Å². The van der Waals surface area contributed by atoms with Crippen molar-refractivity contribution in [2.45, 2.75) is 12.9 Å². The van der Waals surface area contributed by atoms with Crippen LogP contribution in [0.1, 0.15) is 5.69 Å². The van der Waals surface area contributed by atoms with Gasteiger partial charge < -0.3 is 20.7 Å². The summed E-state index contributed by atoms with van der Waals surface area (Å²) < 4.78 is 40.9. The van der Waals surface area contributed by atoms with Crippen LogP contribution in [0.25, 0.3) is 10.6 Å². The van der Waals surface area contributed by atoms with E-state index >= 15 is 0 Å². The maximum absolute atomic E-state index is 12.4. The van der Waals surface area contributed by atoms with Crippen LogP contribution in [0.15, 0.2) is 53.9 Å². The first kappa shape index (κ1) is 23.0. The highest BCUT2D eigenvalue weighted by atomic mass is 32.1. The Morgan fingerprint density at radius 3 is 2.55 bits per heavy atom. The minimum Gasteiger partial charge on any atom is -0.406 e. The topological polar surface area (TPSA) is 78.5 Å². The predicted molar refractivity (Wildman–Crippen MR) is 121 cm³/mol. The number of nitrogens with one attached hydrogen (secondary N) is 3. The average Bonchev–Trinajstić information content (AvgIpc) is 3.22. The SMILES string of the molecule is O=C(Nc1ccc(-c2nc(CN3CCNCC3)cs2)cc1)Nc1cccc(OC(F)(F)F)c1. The number of piperazine rings is 1. The van der Waals surface area contributed by atoms with E-state index in [0.717, 1.165) is 61.1 Å².